The Bertz CT molecular complexity index is 1030. The number of halogens is 1. The average Bonchev–Trinajstić information content (AvgIpc) is 2.62. The number of hydrogen-bond donors (Lipinski definition) is 1. The van der Waals surface area contributed by atoms with Crippen LogP contribution in [0.2, 0.25) is 0 Å². The molecule has 1 N–H and O–H groups in total. The molecule has 3 rings (SSSR count). The Morgan fingerprint density at radius 2 is 1.85 bits per heavy atom. The molecule has 0 bridgehead atoms. The first-order chi connectivity index (χ1) is 12.9. The van der Waals surface area contributed by atoms with E-state index in [1.54, 1.807) is 24.3 Å². The molecule has 5 heteroatoms. The van der Waals surface area contributed by atoms with Crippen molar-refractivity contribution < 1.29 is 9.50 Å². The molecule has 0 aliphatic carbocycles. The van der Waals surface area contributed by atoms with Gasteiger partial charge in [-0.15, -0.1) is 0 Å². The highest BCUT2D eigenvalue weighted by Crippen LogP contribution is 2.32. The minimum absolute atomic E-state index is 0.0810. The van der Waals surface area contributed by atoms with Crippen molar-refractivity contribution in [2.24, 2.45) is 0 Å². The molecule has 4 nitrogen and oxygen atoms in total. The number of para-hydroxylation sites is 1. The molecule has 0 aliphatic heterocycles. The van der Waals surface area contributed by atoms with Gasteiger partial charge >= 0.3 is 0 Å². The van der Waals surface area contributed by atoms with Gasteiger partial charge in [0.05, 0.1) is 11.7 Å². The molecule has 1 aromatic heterocycles. The zero-order valence-electron chi connectivity index (χ0n) is 15.7. The van der Waals surface area contributed by atoms with Gasteiger partial charge in [-0.3, -0.25) is 4.79 Å². The van der Waals surface area contributed by atoms with Crippen LogP contribution in [0, 0.1) is 12.7 Å². The van der Waals surface area contributed by atoms with Crippen LogP contribution in [0.25, 0.3) is 11.1 Å². The first kappa shape index (κ1) is 18.8. The van der Waals surface area contributed by atoms with E-state index in [4.69, 9.17) is 0 Å². The maximum atomic E-state index is 13.5. The number of rotatable bonds is 5. The molecule has 0 atom stereocenters. The molecule has 0 unspecified atom stereocenters. The third-order valence-corrected chi connectivity index (χ3v) is 4.60. The average molecular weight is 366 g/mol. The lowest BCUT2D eigenvalue weighted by Crippen LogP contribution is -2.30. The Morgan fingerprint density at radius 1 is 1.11 bits per heavy atom. The van der Waals surface area contributed by atoms with Crippen molar-refractivity contribution in [1.29, 1.82) is 0 Å². The van der Waals surface area contributed by atoms with Gasteiger partial charge in [0.1, 0.15) is 11.6 Å². The molecule has 140 valence electrons. The zero-order valence-corrected chi connectivity index (χ0v) is 15.7. The minimum atomic E-state index is -0.293. The lowest BCUT2D eigenvalue weighted by Gasteiger charge is -2.18. The smallest absolute Gasteiger partial charge is 0.270 e. The summed E-state index contributed by atoms with van der Waals surface area (Å²) in [4.78, 5) is 13.1. The standard InChI is InChI=1S/C22H23FN2O2/c1-14(2)25-22(27)19(12-11-16-7-6-8-17(23)13-16)21(15(3)24-25)18-9-4-5-10-20(18)26/h4-10,13-14,26H,11-12H2,1-3H3. The lowest BCUT2D eigenvalue weighted by molar-refractivity contribution is 0.476. The van der Waals surface area contributed by atoms with Crippen molar-refractivity contribution in [3.8, 4) is 16.9 Å². The predicted octanol–water partition coefficient (Wildman–Crippen LogP) is 4.43. The van der Waals surface area contributed by atoms with Crippen LogP contribution in [0.15, 0.2) is 53.3 Å². The largest absolute Gasteiger partial charge is 0.507 e. The van der Waals surface area contributed by atoms with Gasteiger partial charge in [0.2, 0.25) is 0 Å². The number of benzene rings is 2. The molecule has 3 aromatic rings. The Hall–Kier alpha value is -2.95. The summed E-state index contributed by atoms with van der Waals surface area (Å²) in [5, 5.41) is 14.8. The summed E-state index contributed by atoms with van der Waals surface area (Å²) in [7, 11) is 0. The molecule has 2 aromatic carbocycles. The number of aryl methyl sites for hydroxylation is 2. The summed E-state index contributed by atoms with van der Waals surface area (Å²) in [6.45, 7) is 5.65. The SMILES string of the molecule is Cc1nn(C(C)C)c(=O)c(CCc2cccc(F)c2)c1-c1ccccc1O. The summed E-state index contributed by atoms with van der Waals surface area (Å²) in [6.07, 6.45) is 0.956. The van der Waals surface area contributed by atoms with Crippen LogP contribution < -0.4 is 5.56 Å². The first-order valence-electron chi connectivity index (χ1n) is 9.03. The number of hydrogen-bond acceptors (Lipinski definition) is 3. The summed E-state index contributed by atoms with van der Waals surface area (Å²) in [6, 6.07) is 13.2. The Balaban J connectivity index is 2.14. The van der Waals surface area contributed by atoms with Crippen LogP contribution >= 0.6 is 0 Å². The van der Waals surface area contributed by atoms with E-state index in [0.717, 1.165) is 5.56 Å². The van der Waals surface area contributed by atoms with E-state index >= 15 is 0 Å². The molecular formula is C22H23FN2O2. The molecule has 0 spiro atoms. The van der Waals surface area contributed by atoms with Crippen LogP contribution in [0.3, 0.4) is 0 Å². The van der Waals surface area contributed by atoms with Gasteiger partial charge in [-0.05, 0) is 57.4 Å². The van der Waals surface area contributed by atoms with Gasteiger partial charge in [0.15, 0.2) is 0 Å². The van der Waals surface area contributed by atoms with Gasteiger partial charge in [-0.1, -0.05) is 30.3 Å². The van der Waals surface area contributed by atoms with Crippen LogP contribution in [-0.2, 0) is 12.8 Å². The molecule has 0 saturated heterocycles. The lowest BCUT2D eigenvalue weighted by atomic mass is 9.94. The van der Waals surface area contributed by atoms with Crippen LogP contribution in [-0.4, -0.2) is 14.9 Å². The summed E-state index contributed by atoms with van der Waals surface area (Å²) >= 11 is 0. The summed E-state index contributed by atoms with van der Waals surface area (Å²) in [5.74, 6) is -0.185. The van der Waals surface area contributed by atoms with Crippen molar-refractivity contribution in [1.82, 2.24) is 9.78 Å². The molecule has 1 heterocycles. The van der Waals surface area contributed by atoms with Crippen molar-refractivity contribution >= 4 is 0 Å². The molecule has 27 heavy (non-hydrogen) atoms. The van der Waals surface area contributed by atoms with Gasteiger partial charge in [0.25, 0.3) is 5.56 Å². The Kier molecular flexibility index (Phi) is 5.40. The molecule has 0 amide bonds. The van der Waals surface area contributed by atoms with Crippen LogP contribution in [0.5, 0.6) is 5.75 Å². The van der Waals surface area contributed by atoms with Gasteiger partial charge < -0.3 is 5.11 Å². The fourth-order valence-electron chi connectivity index (χ4n) is 3.31. The van der Waals surface area contributed by atoms with Crippen molar-refractivity contribution in [2.75, 3.05) is 0 Å². The van der Waals surface area contributed by atoms with E-state index in [9.17, 15) is 14.3 Å². The first-order valence-corrected chi connectivity index (χ1v) is 9.03. The topological polar surface area (TPSA) is 55.1 Å². The van der Waals surface area contributed by atoms with Crippen molar-refractivity contribution in [3.05, 3.63) is 81.5 Å². The van der Waals surface area contributed by atoms with E-state index in [1.807, 2.05) is 32.9 Å². The number of aromatic nitrogens is 2. The summed E-state index contributed by atoms with van der Waals surface area (Å²) < 4.78 is 15.0. The van der Waals surface area contributed by atoms with E-state index in [2.05, 4.69) is 5.10 Å². The molecule has 0 saturated carbocycles. The van der Waals surface area contributed by atoms with Gasteiger partial charge in [0, 0.05) is 16.7 Å². The normalized spacial score (nSPS) is 11.1. The summed E-state index contributed by atoms with van der Waals surface area (Å²) in [5.41, 5.74) is 3.16. The van der Waals surface area contributed by atoms with Crippen molar-refractivity contribution in [2.45, 2.75) is 39.7 Å². The second-order valence-electron chi connectivity index (χ2n) is 6.93. The highest BCUT2D eigenvalue weighted by Gasteiger charge is 2.19. The highest BCUT2D eigenvalue weighted by atomic mass is 19.1. The van der Waals surface area contributed by atoms with Crippen LogP contribution in [0.4, 0.5) is 4.39 Å². The van der Waals surface area contributed by atoms with Gasteiger partial charge in [-0.25, -0.2) is 9.07 Å². The maximum absolute atomic E-state index is 13.5. The number of phenolic OH excluding ortho intramolecular Hbond substituents is 1. The van der Waals surface area contributed by atoms with Crippen LogP contribution in [0.1, 0.15) is 36.7 Å². The third-order valence-electron chi connectivity index (χ3n) is 4.60. The van der Waals surface area contributed by atoms with E-state index in [-0.39, 0.29) is 23.2 Å². The zero-order chi connectivity index (χ0) is 19.6. The van der Waals surface area contributed by atoms with Gasteiger partial charge in [-0.2, -0.15) is 5.10 Å². The predicted molar refractivity (Wildman–Crippen MR) is 105 cm³/mol. The maximum Gasteiger partial charge on any atom is 0.270 e. The second-order valence-corrected chi connectivity index (χ2v) is 6.93. The number of nitrogens with zero attached hydrogens (tertiary/aromatic N) is 2. The number of aromatic hydroxyl groups is 1. The van der Waals surface area contributed by atoms with E-state index in [1.165, 1.54) is 16.8 Å². The Morgan fingerprint density at radius 3 is 2.52 bits per heavy atom. The molecule has 0 fully saturated rings. The molecule has 0 radical (unpaired) electrons. The van der Waals surface area contributed by atoms with E-state index in [0.29, 0.717) is 35.2 Å². The Labute approximate surface area is 157 Å². The number of phenols is 1. The second kappa shape index (κ2) is 7.74. The highest BCUT2D eigenvalue weighted by molar-refractivity contribution is 5.74. The molecular weight excluding hydrogens is 343 g/mol. The third kappa shape index (κ3) is 3.92. The molecule has 0 aliphatic rings. The monoisotopic (exact) mass is 366 g/mol. The minimum Gasteiger partial charge on any atom is -0.507 e. The fourth-order valence-corrected chi connectivity index (χ4v) is 3.31. The quantitative estimate of drug-likeness (QED) is 0.727. The fraction of sp³-hybridized carbons (Fsp3) is 0.273. The van der Waals surface area contributed by atoms with E-state index < -0.39 is 0 Å². The van der Waals surface area contributed by atoms with Crippen molar-refractivity contribution in [3.63, 3.8) is 0 Å².